The van der Waals surface area contributed by atoms with Crippen LogP contribution in [0.5, 0.6) is 0 Å². The van der Waals surface area contributed by atoms with E-state index < -0.39 is 59.8 Å². The lowest BCUT2D eigenvalue weighted by molar-refractivity contribution is -0.159. The van der Waals surface area contributed by atoms with Crippen LogP contribution in [0.3, 0.4) is 0 Å². The minimum Gasteiger partial charge on any atom is -0.458 e. The molecular weight excluding hydrogens is 586 g/mol. The molecule has 10 nitrogen and oxygen atoms in total. The normalized spacial score (nSPS) is 13.7. The number of hydrogen-bond donors (Lipinski definition) is 3. The highest BCUT2D eigenvalue weighted by Crippen LogP contribution is 2.28. The van der Waals surface area contributed by atoms with Crippen molar-refractivity contribution in [1.29, 1.82) is 0 Å². The van der Waals surface area contributed by atoms with Gasteiger partial charge in [0.25, 0.3) is 0 Å². The molecule has 46 heavy (non-hydrogen) atoms. The van der Waals surface area contributed by atoms with Crippen LogP contribution in [-0.2, 0) is 30.3 Å². The summed E-state index contributed by atoms with van der Waals surface area (Å²) in [7, 11) is 0. The maximum Gasteiger partial charge on any atom is 0.408 e. The zero-order valence-corrected chi connectivity index (χ0v) is 29.1. The van der Waals surface area contributed by atoms with Crippen LogP contribution < -0.4 is 10.6 Å². The van der Waals surface area contributed by atoms with E-state index in [1.165, 1.54) is 4.90 Å². The minimum absolute atomic E-state index is 0.00401. The standard InChI is InChI=1S/C36H53N3O7/c1-23(2)20-28(38-34(44)46-36(8,9)10)32(42)39(18-19-40)30(27-17-16-24(3)21-25(27)4)31(41)37-29(33(43)45-35(5,6)7)22-26-14-12-11-13-15-26/h11-17,21,23,28-30,40H,18-20,22H2,1-10H3,(H,37,41)(H,38,44). The number of amides is 3. The molecule has 2 aromatic rings. The molecule has 0 aliphatic heterocycles. The van der Waals surface area contributed by atoms with Crippen molar-refractivity contribution >= 4 is 23.9 Å². The first-order chi connectivity index (χ1) is 21.3. The first-order valence-corrected chi connectivity index (χ1v) is 15.9. The van der Waals surface area contributed by atoms with Crippen molar-refractivity contribution in [3.05, 3.63) is 70.8 Å². The third-order valence-corrected chi connectivity index (χ3v) is 6.89. The highest BCUT2D eigenvalue weighted by atomic mass is 16.6. The number of carbonyl (C=O) groups is 4. The van der Waals surface area contributed by atoms with Gasteiger partial charge < -0.3 is 30.1 Å². The average Bonchev–Trinajstić information content (AvgIpc) is 2.91. The molecule has 0 aliphatic carbocycles. The number of rotatable bonds is 13. The second-order valence-corrected chi connectivity index (χ2v) is 14.1. The molecule has 0 aromatic heterocycles. The summed E-state index contributed by atoms with van der Waals surface area (Å²) in [4.78, 5) is 56.3. The molecule has 3 N–H and O–H groups in total. The Hall–Kier alpha value is -3.92. The zero-order valence-electron chi connectivity index (χ0n) is 29.1. The van der Waals surface area contributed by atoms with Crippen molar-refractivity contribution in [2.75, 3.05) is 13.2 Å². The SMILES string of the molecule is Cc1ccc(C(C(=O)NC(Cc2ccccc2)C(=O)OC(C)(C)C)N(CCO)C(=O)C(CC(C)C)NC(=O)OC(C)(C)C)c(C)c1. The van der Waals surface area contributed by atoms with E-state index in [9.17, 15) is 24.3 Å². The lowest BCUT2D eigenvalue weighted by Crippen LogP contribution is -2.55. The third kappa shape index (κ3) is 12.5. The number of benzene rings is 2. The Morgan fingerprint density at radius 1 is 0.848 bits per heavy atom. The Morgan fingerprint density at radius 2 is 1.46 bits per heavy atom. The monoisotopic (exact) mass is 639 g/mol. The molecular formula is C36H53N3O7. The van der Waals surface area contributed by atoms with Crippen molar-refractivity contribution < 1.29 is 33.8 Å². The Balaban J connectivity index is 2.62. The van der Waals surface area contributed by atoms with Gasteiger partial charge in [0.2, 0.25) is 11.8 Å². The van der Waals surface area contributed by atoms with Crippen LogP contribution in [0.2, 0.25) is 0 Å². The molecule has 0 radical (unpaired) electrons. The Kier molecular flexibility index (Phi) is 13.8. The zero-order chi connectivity index (χ0) is 34.8. The van der Waals surface area contributed by atoms with E-state index in [2.05, 4.69) is 10.6 Å². The summed E-state index contributed by atoms with van der Waals surface area (Å²) in [6, 6.07) is 11.4. The van der Waals surface area contributed by atoms with Crippen LogP contribution in [0.15, 0.2) is 48.5 Å². The summed E-state index contributed by atoms with van der Waals surface area (Å²) in [5.41, 5.74) is 1.43. The van der Waals surface area contributed by atoms with Gasteiger partial charge >= 0.3 is 12.1 Å². The molecule has 0 bridgehead atoms. The van der Waals surface area contributed by atoms with E-state index >= 15 is 0 Å². The maximum absolute atomic E-state index is 14.4. The molecule has 3 atom stereocenters. The largest absolute Gasteiger partial charge is 0.458 e. The number of ether oxygens (including phenoxy) is 2. The van der Waals surface area contributed by atoms with Crippen LogP contribution in [0, 0.1) is 19.8 Å². The Morgan fingerprint density at radius 3 is 1.98 bits per heavy atom. The molecule has 3 unspecified atom stereocenters. The summed E-state index contributed by atoms with van der Waals surface area (Å²) >= 11 is 0. The van der Waals surface area contributed by atoms with E-state index in [4.69, 9.17) is 9.47 Å². The van der Waals surface area contributed by atoms with E-state index in [1.54, 1.807) is 47.6 Å². The van der Waals surface area contributed by atoms with Gasteiger partial charge in [-0.1, -0.05) is 67.9 Å². The first-order valence-electron chi connectivity index (χ1n) is 15.9. The summed E-state index contributed by atoms with van der Waals surface area (Å²) in [5.74, 6) is -1.81. The van der Waals surface area contributed by atoms with Crippen molar-refractivity contribution in [1.82, 2.24) is 15.5 Å². The van der Waals surface area contributed by atoms with Gasteiger partial charge in [-0.15, -0.1) is 0 Å². The number of nitrogens with zero attached hydrogens (tertiary/aromatic N) is 1. The molecule has 0 saturated carbocycles. The van der Waals surface area contributed by atoms with Crippen molar-refractivity contribution in [3.8, 4) is 0 Å². The fourth-order valence-corrected chi connectivity index (χ4v) is 5.07. The molecule has 10 heteroatoms. The first kappa shape index (κ1) is 38.3. The number of aryl methyl sites for hydroxylation is 2. The van der Waals surface area contributed by atoms with E-state index in [0.29, 0.717) is 5.56 Å². The fourth-order valence-electron chi connectivity index (χ4n) is 5.07. The molecule has 0 aliphatic rings. The number of esters is 1. The van der Waals surface area contributed by atoms with E-state index in [0.717, 1.165) is 16.7 Å². The summed E-state index contributed by atoms with van der Waals surface area (Å²) < 4.78 is 11.1. The van der Waals surface area contributed by atoms with Crippen LogP contribution in [0.25, 0.3) is 0 Å². The molecule has 0 spiro atoms. The van der Waals surface area contributed by atoms with Gasteiger partial charge in [-0.25, -0.2) is 9.59 Å². The highest BCUT2D eigenvalue weighted by molar-refractivity contribution is 5.94. The molecule has 0 fully saturated rings. The van der Waals surface area contributed by atoms with Crippen LogP contribution in [0.4, 0.5) is 4.79 Å². The quantitative estimate of drug-likeness (QED) is 0.257. The topological polar surface area (TPSA) is 134 Å². The van der Waals surface area contributed by atoms with Crippen molar-refractivity contribution in [2.24, 2.45) is 5.92 Å². The van der Waals surface area contributed by atoms with E-state index in [1.807, 2.05) is 70.2 Å². The molecule has 0 heterocycles. The van der Waals surface area contributed by atoms with Gasteiger partial charge in [-0.05, 0) is 84.4 Å². The fraction of sp³-hybridized carbons (Fsp3) is 0.556. The summed E-state index contributed by atoms with van der Waals surface area (Å²) in [6.07, 6.45) is -0.350. The highest BCUT2D eigenvalue weighted by Gasteiger charge is 2.39. The van der Waals surface area contributed by atoms with Gasteiger partial charge in [-0.2, -0.15) is 0 Å². The lowest BCUT2D eigenvalue weighted by Gasteiger charge is -2.36. The van der Waals surface area contributed by atoms with E-state index in [-0.39, 0.29) is 25.3 Å². The number of alkyl carbamates (subject to hydrolysis) is 1. The Bertz CT molecular complexity index is 1330. The number of hydrogen-bond acceptors (Lipinski definition) is 7. The molecule has 0 saturated heterocycles. The molecule has 2 aromatic carbocycles. The van der Waals surface area contributed by atoms with Gasteiger partial charge in [-0.3, -0.25) is 9.59 Å². The van der Waals surface area contributed by atoms with Crippen LogP contribution in [-0.4, -0.2) is 70.3 Å². The molecule has 3 amide bonds. The number of nitrogens with one attached hydrogen (secondary N) is 2. The minimum atomic E-state index is -1.24. The molecule has 254 valence electrons. The summed E-state index contributed by atoms with van der Waals surface area (Å²) in [5, 5.41) is 15.7. The predicted molar refractivity (Wildman–Crippen MR) is 178 cm³/mol. The third-order valence-electron chi connectivity index (χ3n) is 6.89. The van der Waals surface area contributed by atoms with Crippen LogP contribution >= 0.6 is 0 Å². The van der Waals surface area contributed by atoms with Crippen molar-refractivity contribution in [3.63, 3.8) is 0 Å². The second kappa shape index (κ2) is 16.6. The number of carbonyl (C=O) groups excluding carboxylic acids is 4. The summed E-state index contributed by atoms with van der Waals surface area (Å²) in [6.45, 7) is 17.4. The molecule has 2 rings (SSSR count). The predicted octanol–water partition coefficient (Wildman–Crippen LogP) is 5.17. The van der Waals surface area contributed by atoms with Crippen LogP contribution in [0.1, 0.15) is 90.1 Å². The smallest absolute Gasteiger partial charge is 0.408 e. The average molecular weight is 640 g/mol. The maximum atomic E-state index is 14.4. The van der Waals surface area contributed by atoms with Gasteiger partial charge in [0.1, 0.15) is 29.3 Å². The Labute approximate surface area is 274 Å². The van der Waals surface area contributed by atoms with Gasteiger partial charge in [0.15, 0.2) is 0 Å². The van der Waals surface area contributed by atoms with Gasteiger partial charge in [0.05, 0.1) is 6.61 Å². The lowest BCUT2D eigenvalue weighted by atomic mass is 9.95. The second-order valence-electron chi connectivity index (χ2n) is 14.1. The van der Waals surface area contributed by atoms with Crippen molar-refractivity contribution in [2.45, 2.75) is 111 Å². The number of aliphatic hydroxyl groups is 1. The van der Waals surface area contributed by atoms with Gasteiger partial charge in [0, 0.05) is 13.0 Å². The number of aliphatic hydroxyl groups excluding tert-OH is 1.